The SMILES string of the molecule is CC[C@@H](Oc1ccc(C)c(C)c1)C(=O)Nc1ccc(S(=O)(=O)Nc2c(C)cccc2C)cc1. The summed E-state index contributed by atoms with van der Waals surface area (Å²) < 4.78 is 34.2. The zero-order chi connectivity index (χ0) is 24.2. The molecule has 7 heteroatoms. The molecule has 3 aromatic carbocycles. The molecular weight excluding hydrogens is 436 g/mol. The largest absolute Gasteiger partial charge is 0.481 e. The van der Waals surface area contributed by atoms with E-state index >= 15 is 0 Å². The van der Waals surface area contributed by atoms with Crippen molar-refractivity contribution in [3.05, 3.63) is 82.9 Å². The van der Waals surface area contributed by atoms with Crippen LogP contribution in [0.1, 0.15) is 35.6 Å². The van der Waals surface area contributed by atoms with E-state index in [4.69, 9.17) is 4.74 Å². The van der Waals surface area contributed by atoms with Crippen molar-refractivity contribution in [3.63, 3.8) is 0 Å². The van der Waals surface area contributed by atoms with Crippen LogP contribution >= 0.6 is 0 Å². The zero-order valence-electron chi connectivity index (χ0n) is 19.6. The third-order valence-corrected chi connectivity index (χ3v) is 6.94. The van der Waals surface area contributed by atoms with Crippen LogP contribution in [0.2, 0.25) is 0 Å². The van der Waals surface area contributed by atoms with Crippen molar-refractivity contribution < 1.29 is 17.9 Å². The van der Waals surface area contributed by atoms with Gasteiger partial charge in [-0.1, -0.05) is 31.2 Å². The highest BCUT2D eigenvalue weighted by Crippen LogP contribution is 2.24. The number of carbonyl (C=O) groups excluding carboxylic acids is 1. The first kappa shape index (κ1) is 24.3. The van der Waals surface area contributed by atoms with Crippen LogP contribution in [-0.2, 0) is 14.8 Å². The molecule has 0 heterocycles. The lowest BCUT2D eigenvalue weighted by Crippen LogP contribution is -2.32. The zero-order valence-corrected chi connectivity index (χ0v) is 20.4. The summed E-state index contributed by atoms with van der Waals surface area (Å²) >= 11 is 0. The van der Waals surface area contributed by atoms with Gasteiger partial charge in [-0.3, -0.25) is 9.52 Å². The fourth-order valence-electron chi connectivity index (χ4n) is 3.38. The van der Waals surface area contributed by atoms with Gasteiger partial charge in [-0.05, 0) is 92.8 Å². The third-order valence-electron chi connectivity index (χ3n) is 5.57. The van der Waals surface area contributed by atoms with E-state index in [1.807, 2.05) is 71.0 Å². The Bertz CT molecular complexity index is 1230. The van der Waals surface area contributed by atoms with E-state index in [0.717, 1.165) is 22.3 Å². The molecule has 0 aromatic heterocycles. The molecule has 1 atom stereocenters. The van der Waals surface area contributed by atoms with Gasteiger partial charge >= 0.3 is 0 Å². The number of rotatable bonds is 8. The summed E-state index contributed by atoms with van der Waals surface area (Å²) in [5, 5.41) is 2.81. The van der Waals surface area contributed by atoms with E-state index in [9.17, 15) is 13.2 Å². The maximum absolute atomic E-state index is 12.8. The van der Waals surface area contributed by atoms with Gasteiger partial charge in [0, 0.05) is 5.69 Å². The maximum atomic E-state index is 12.8. The van der Waals surface area contributed by atoms with Crippen molar-refractivity contribution in [2.75, 3.05) is 10.0 Å². The summed E-state index contributed by atoms with van der Waals surface area (Å²) in [5.41, 5.74) is 5.00. The molecule has 3 aromatic rings. The summed E-state index contributed by atoms with van der Waals surface area (Å²) in [6.07, 6.45) is -0.175. The number of sulfonamides is 1. The number of para-hydroxylation sites is 1. The number of anilines is 2. The number of amides is 1. The van der Waals surface area contributed by atoms with Gasteiger partial charge in [0.05, 0.1) is 10.6 Å². The van der Waals surface area contributed by atoms with Crippen LogP contribution in [-0.4, -0.2) is 20.4 Å². The molecule has 174 valence electrons. The van der Waals surface area contributed by atoms with Crippen LogP contribution < -0.4 is 14.8 Å². The normalized spacial score (nSPS) is 12.2. The Kier molecular flexibility index (Phi) is 7.43. The summed E-state index contributed by atoms with van der Waals surface area (Å²) in [5.74, 6) is 0.346. The van der Waals surface area contributed by atoms with Gasteiger partial charge in [0.2, 0.25) is 0 Å². The molecule has 6 nitrogen and oxygen atoms in total. The Morgan fingerprint density at radius 1 is 0.879 bits per heavy atom. The lowest BCUT2D eigenvalue weighted by atomic mass is 10.1. The van der Waals surface area contributed by atoms with Crippen molar-refractivity contribution in [2.24, 2.45) is 0 Å². The fraction of sp³-hybridized carbons (Fsp3) is 0.269. The average Bonchev–Trinajstić information content (AvgIpc) is 2.77. The number of hydrogen-bond donors (Lipinski definition) is 2. The second kappa shape index (κ2) is 10.1. The van der Waals surface area contributed by atoms with Gasteiger partial charge in [0.1, 0.15) is 5.75 Å². The molecule has 33 heavy (non-hydrogen) atoms. The molecule has 2 N–H and O–H groups in total. The molecule has 0 aliphatic heterocycles. The minimum Gasteiger partial charge on any atom is -0.481 e. The highest BCUT2D eigenvalue weighted by molar-refractivity contribution is 7.92. The van der Waals surface area contributed by atoms with Crippen molar-refractivity contribution in [3.8, 4) is 5.75 Å². The van der Waals surface area contributed by atoms with Crippen LogP contribution in [0, 0.1) is 27.7 Å². The number of aryl methyl sites for hydroxylation is 4. The summed E-state index contributed by atoms with van der Waals surface area (Å²) in [7, 11) is -3.76. The third kappa shape index (κ3) is 5.93. The first-order chi connectivity index (χ1) is 15.6. The fourth-order valence-corrected chi connectivity index (χ4v) is 4.59. The first-order valence-corrected chi connectivity index (χ1v) is 12.3. The Balaban J connectivity index is 1.70. The van der Waals surface area contributed by atoms with Crippen LogP contribution in [0.15, 0.2) is 65.6 Å². The second-order valence-electron chi connectivity index (χ2n) is 8.15. The Morgan fingerprint density at radius 2 is 1.52 bits per heavy atom. The molecule has 0 aliphatic carbocycles. The minimum absolute atomic E-state index is 0.113. The summed E-state index contributed by atoms with van der Waals surface area (Å²) in [6.45, 7) is 9.60. The second-order valence-corrected chi connectivity index (χ2v) is 9.83. The molecule has 0 bridgehead atoms. The minimum atomic E-state index is -3.76. The highest BCUT2D eigenvalue weighted by atomic mass is 32.2. The van der Waals surface area contributed by atoms with Crippen LogP contribution in [0.25, 0.3) is 0 Å². The van der Waals surface area contributed by atoms with E-state index in [0.29, 0.717) is 23.5 Å². The van der Waals surface area contributed by atoms with Gasteiger partial charge in [0.25, 0.3) is 15.9 Å². The Labute approximate surface area is 196 Å². The lowest BCUT2D eigenvalue weighted by Gasteiger charge is -2.18. The maximum Gasteiger partial charge on any atom is 0.265 e. The quantitative estimate of drug-likeness (QED) is 0.458. The standard InChI is InChI=1S/C26H30N2O4S/c1-6-24(32-22-13-10-17(2)20(5)16-22)26(29)27-21-11-14-23(15-12-21)33(30,31)28-25-18(3)8-7-9-19(25)4/h7-16,24,28H,6H2,1-5H3,(H,27,29)/t24-/m1/s1. The molecule has 1 amide bonds. The van der Waals surface area contributed by atoms with E-state index in [1.165, 1.54) is 12.1 Å². The average molecular weight is 467 g/mol. The molecule has 0 saturated heterocycles. The number of carbonyl (C=O) groups is 1. The van der Waals surface area contributed by atoms with Gasteiger partial charge in [-0.15, -0.1) is 0 Å². The van der Waals surface area contributed by atoms with Crippen LogP contribution in [0.3, 0.4) is 0 Å². The molecular formula is C26H30N2O4S. The van der Waals surface area contributed by atoms with Gasteiger partial charge in [0.15, 0.2) is 6.10 Å². The predicted octanol–water partition coefficient (Wildman–Crippen LogP) is 5.52. The van der Waals surface area contributed by atoms with Crippen molar-refractivity contribution in [1.82, 2.24) is 0 Å². The topological polar surface area (TPSA) is 84.5 Å². The lowest BCUT2D eigenvalue weighted by molar-refractivity contribution is -0.122. The van der Waals surface area contributed by atoms with Crippen LogP contribution in [0.5, 0.6) is 5.75 Å². The monoisotopic (exact) mass is 466 g/mol. The van der Waals surface area contributed by atoms with Gasteiger partial charge in [-0.25, -0.2) is 8.42 Å². The number of benzene rings is 3. The Morgan fingerprint density at radius 3 is 2.09 bits per heavy atom. The van der Waals surface area contributed by atoms with E-state index in [2.05, 4.69) is 10.0 Å². The van der Waals surface area contributed by atoms with E-state index < -0.39 is 16.1 Å². The molecule has 3 rings (SSSR count). The molecule has 0 unspecified atom stereocenters. The summed E-state index contributed by atoms with van der Waals surface area (Å²) in [4.78, 5) is 12.8. The van der Waals surface area contributed by atoms with E-state index in [-0.39, 0.29) is 10.8 Å². The molecule has 0 saturated carbocycles. The number of ether oxygens (including phenoxy) is 1. The summed E-state index contributed by atoms with van der Waals surface area (Å²) in [6, 6.07) is 17.4. The molecule has 0 aliphatic rings. The van der Waals surface area contributed by atoms with Crippen LogP contribution in [0.4, 0.5) is 11.4 Å². The smallest absolute Gasteiger partial charge is 0.265 e. The number of hydrogen-bond acceptors (Lipinski definition) is 4. The molecule has 0 radical (unpaired) electrons. The molecule has 0 fully saturated rings. The van der Waals surface area contributed by atoms with Gasteiger partial charge in [-0.2, -0.15) is 0 Å². The van der Waals surface area contributed by atoms with Crippen molar-refractivity contribution in [1.29, 1.82) is 0 Å². The first-order valence-electron chi connectivity index (χ1n) is 10.8. The Hall–Kier alpha value is -3.32. The van der Waals surface area contributed by atoms with Crippen molar-refractivity contribution >= 4 is 27.3 Å². The highest BCUT2D eigenvalue weighted by Gasteiger charge is 2.20. The van der Waals surface area contributed by atoms with Crippen molar-refractivity contribution in [2.45, 2.75) is 52.0 Å². The van der Waals surface area contributed by atoms with E-state index in [1.54, 1.807) is 12.1 Å². The predicted molar refractivity (Wildman–Crippen MR) is 132 cm³/mol. The number of nitrogens with one attached hydrogen (secondary N) is 2. The molecule has 0 spiro atoms. The van der Waals surface area contributed by atoms with Gasteiger partial charge < -0.3 is 10.1 Å².